The fourth-order valence-electron chi connectivity index (χ4n) is 2.70. The molecule has 2 rings (SSSR count). The van der Waals surface area contributed by atoms with Crippen LogP contribution < -0.4 is 5.32 Å². The molecule has 24 heavy (non-hydrogen) atoms. The first-order chi connectivity index (χ1) is 11.3. The smallest absolute Gasteiger partial charge is 0.303 e. The molecule has 0 unspecified atom stereocenters. The van der Waals surface area contributed by atoms with Crippen LogP contribution in [-0.2, 0) is 14.6 Å². The van der Waals surface area contributed by atoms with Crippen molar-refractivity contribution in [2.24, 2.45) is 0 Å². The zero-order valence-corrected chi connectivity index (χ0v) is 15.2. The van der Waals surface area contributed by atoms with Crippen LogP contribution >= 0.6 is 12.2 Å². The lowest BCUT2D eigenvalue weighted by Gasteiger charge is -2.31. The van der Waals surface area contributed by atoms with Gasteiger partial charge >= 0.3 is 5.97 Å². The minimum Gasteiger partial charge on any atom is -0.481 e. The third kappa shape index (κ3) is 5.45. The number of aliphatic carboxylic acids is 1. The Kier molecular flexibility index (Phi) is 6.17. The fourth-order valence-corrected chi connectivity index (χ4v) is 4.79. The molecule has 1 heterocycles. The molecule has 1 fully saturated rings. The van der Waals surface area contributed by atoms with E-state index in [1.54, 1.807) is 0 Å². The number of aryl methyl sites for hydroxylation is 1. The number of hydrogen-bond donors (Lipinski definition) is 2. The lowest BCUT2D eigenvalue weighted by atomic mass is 10.2. The summed E-state index contributed by atoms with van der Waals surface area (Å²) in [5.74, 6) is -0.651. The summed E-state index contributed by atoms with van der Waals surface area (Å²) in [4.78, 5) is 12.6. The third-order valence-electron chi connectivity index (χ3n) is 4.00. The molecule has 1 aliphatic rings. The summed E-state index contributed by atoms with van der Waals surface area (Å²) >= 11 is 5.45. The summed E-state index contributed by atoms with van der Waals surface area (Å²) in [6, 6.07) is 7.53. The van der Waals surface area contributed by atoms with E-state index in [0.29, 0.717) is 24.5 Å². The molecule has 2 N–H and O–H groups in total. The Morgan fingerprint density at radius 1 is 1.38 bits per heavy atom. The zero-order valence-electron chi connectivity index (χ0n) is 13.6. The highest BCUT2D eigenvalue weighted by atomic mass is 32.2. The van der Waals surface area contributed by atoms with Crippen LogP contribution in [0.25, 0.3) is 0 Å². The fraction of sp³-hybridized carbons (Fsp3) is 0.500. The minimum atomic E-state index is -3.04. The number of benzene rings is 1. The number of hydrogen-bond acceptors (Lipinski definition) is 4. The first-order valence-corrected chi connectivity index (χ1v) is 10.1. The van der Waals surface area contributed by atoms with Gasteiger partial charge in [0.2, 0.25) is 0 Å². The van der Waals surface area contributed by atoms with Crippen molar-refractivity contribution in [1.29, 1.82) is 0 Å². The van der Waals surface area contributed by atoms with E-state index in [4.69, 9.17) is 17.3 Å². The maximum Gasteiger partial charge on any atom is 0.303 e. The first kappa shape index (κ1) is 18.7. The van der Waals surface area contributed by atoms with Gasteiger partial charge in [-0.1, -0.05) is 17.7 Å². The van der Waals surface area contributed by atoms with Crippen LogP contribution in [0.3, 0.4) is 0 Å². The molecule has 0 aromatic heterocycles. The normalized spacial score (nSPS) is 19.0. The lowest BCUT2D eigenvalue weighted by Crippen LogP contribution is -2.44. The highest BCUT2D eigenvalue weighted by Gasteiger charge is 2.33. The molecule has 0 bridgehead atoms. The Labute approximate surface area is 147 Å². The van der Waals surface area contributed by atoms with Gasteiger partial charge in [-0.05, 0) is 44.1 Å². The summed E-state index contributed by atoms with van der Waals surface area (Å²) in [7, 11) is -3.04. The number of thiocarbonyl (C=S) groups is 1. The molecule has 0 radical (unpaired) electrons. The number of carboxylic acid groups (broad SMARTS) is 1. The standard InChI is InChI=1S/C16H22N2O4S2/c1-12-4-6-13(7-5-12)17-16(23)18(9-2-3-15(19)20)14-8-10-24(21,22)11-14/h4-7,14H,2-3,8-11H2,1H3,(H,17,23)(H,19,20)/t14-/m0/s1. The lowest BCUT2D eigenvalue weighted by molar-refractivity contribution is -0.137. The Hall–Kier alpha value is -1.67. The quantitative estimate of drug-likeness (QED) is 0.741. The third-order valence-corrected chi connectivity index (χ3v) is 6.09. The van der Waals surface area contributed by atoms with Gasteiger partial charge in [-0.2, -0.15) is 0 Å². The highest BCUT2D eigenvalue weighted by molar-refractivity contribution is 7.91. The molecule has 0 saturated carbocycles. The van der Waals surface area contributed by atoms with E-state index < -0.39 is 15.8 Å². The Bertz CT molecular complexity index is 701. The van der Waals surface area contributed by atoms with Gasteiger partial charge in [-0.15, -0.1) is 0 Å². The van der Waals surface area contributed by atoms with E-state index in [1.165, 1.54) is 0 Å². The Balaban J connectivity index is 2.07. The molecule has 1 aromatic rings. The largest absolute Gasteiger partial charge is 0.481 e. The second-order valence-electron chi connectivity index (χ2n) is 6.04. The maximum atomic E-state index is 11.8. The van der Waals surface area contributed by atoms with Crippen LogP contribution in [0.5, 0.6) is 0 Å². The van der Waals surface area contributed by atoms with E-state index in [0.717, 1.165) is 11.3 Å². The van der Waals surface area contributed by atoms with Crippen molar-refractivity contribution in [2.45, 2.75) is 32.2 Å². The predicted octanol–water partition coefficient (Wildman–Crippen LogP) is 2.05. The molecule has 0 spiro atoms. The monoisotopic (exact) mass is 370 g/mol. The Morgan fingerprint density at radius 2 is 2.04 bits per heavy atom. The van der Waals surface area contributed by atoms with Crippen molar-refractivity contribution in [1.82, 2.24) is 4.90 Å². The zero-order chi connectivity index (χ0) is 17.7. The second kappa shape index (κ2) is 7.94. The number of carbonyl (C=O) groups is 1. The molecular formula is C16H22N2O4S2. The number of carboxylic acids is 1. The van der Waals surface area contributed by atoms with Crippen molar-refractivity contribution in [2.75, 3.05) is 23.4 Å². The highest BCUT2D eigenvalue weighted by Crippen LogP contribution is 2.20. The van der Waals surface area contributed by atoms with Crippen LogP contribution in [0.15, 0.2) is 24.3 Å². The van der Waals surface area contributed by atoms with Crippen molar-refractivity contribution in [3.8, 4) is 0 Å². The molecule has 8 heteroatoms. The van der Waals surface area contributed by atoms with E-state index in [-0.39, 0.29) is 24.0 Å². The number of rotatable bonds is 6. The molecule has 6 nitrogen and oxygen atoms in total. The molecule has 0 amide bonds. The summed E-state index contributed by atoms with van der Waals surface area (Å²) in [5.41, 5.74) is 1.96. The number of nitrogens with zero attached hydrogens (tertiary/aromatic N) is 1. The summed E-state index contributed by atoms with van der Waals surface area (Å²) in [6.45, 7) is 2.41. The average Bonchev–Trinajstić information content (AvgIpc) is 2.85. The molecular weight excluding hydrogens is 348 g/mol. The van der Waals surface area contributed by atoms with Crippen molar-refractivity contribution in [3.63, 3.8) is 0 Å². The van der Waals surface area contributed by atoms with Crippen LogP contribution in [0.2, 0.25) is 0 Å². The van der Waals surface area contributed by atoms with Crippen molar-refractivity contribution >= 4 is 38.8 Å². The van der Waals surface area contributed by atoms with E-state index in [1.807, 2.05) is 36.1 Å². The van der Waals surface area contributed by atoms with Gasteiger partial charge in [0.05, 0.1) is 11.5 Å². The van der Waals surface area contributed by atoms with E-state index in [9.17, 15) is 13.2 Å². The molecule has 132 valence electrons. The average molecular weight is 370 g/mol. The predicted molar refractivity (Wildman–Crippen MR) is 98.0 cm³/mol. The van der Waals surface area contributed by atoms with Crippen LogP contribution in [0.1, 0.15) is 24.8 Å². The van der Waals surface area contributed by atoms with Crippen molar-refractivity contribution in [3.05, 3.63) is 29.8 Å². The molecule has 1 aliphatic heterocycles. The molecule has 1 saturated heterocycles. The summed E-state index contributed by atoms with van der Waals surface area (Å²) < 4.78 is 23.5. The van der Waals surface area contributed by atoms with Gasteiger partial charge < -0.3 is 15.3 Å². The van der Waals surface area contributed by atoms with Crippen LogP contribution in [-0.4, -0.2) is 53.6 Å². The topological polar surface area (TPSA) is 86.7 Å². The molecule has 1 atom stereocenters. The van der Waals surface area contributed by atoms with Gasteiger partial charge in [0, 0.05) is 24.7 Å². The number of nitrogens with one attached hydrogen (secondary N) is 1. The van der Waals surface area contributed by atoms with Crippen LogP contribution in [0, 0.1) is 6.92 Å². The minimum absolute atomic E-state index is 0.0309. The van der Waals surface area contributed by atoms with Gasteiger partial charge in [-0.3, -0.25) is 4.79 Å². The summed E-state index contributed by atoms with van der Waals surface area (Å²) in [5, 5.41) is 12.4. The van der Waals surface area contributed by atoms with Gasteiger partial charge in [0.15, 0.2) is 14.9 Å². The summed E-state index contributed by atoms with van der Waals surface area (Å²) in [6.07, 6.45) is 0.968. The van der Waals surface area contributed by atoms with Gasteiger partial charge in [0.1, 0.15) is 0 Å². The van der Waals surface area contributed by atoms with E-state index >= 15 is 0 Å². The SMILES string of the molecule is Cc1ccc(NC(=S)N(CCCC(=O)O)[C@H]2CCS(=O)(=O)C2)cc1. The van der Waals surface area contributed by atoms with E-state index in [2.05, 4.69) is 5.32 Å². The Morgan fingerprint density at radius 3 is 2.58 bits per heavy atom. The molecule has 0 aliphatic carbocycles. The first-order valence-electron chi connectivity index (χ1n) is 7.83. The van der Waals surface area contributed by atoms with Gasteiger partial charge in [0.25, 0.3) is 0 Å². The van der Waals surface area contributed by atoms with Crippen molar-refractivity contribution < 1.29 is 18.3 Å². The number of sulfone groups is 1. The van der Waals surface area contributed by atoms with Crippen LogP contribution in [0.4, 0.5) is 5.69 Å². The van der Waals surface area contributed by atoms with Gasteiger partial charge in [-0.25, -0.2) is 8.42 Å². The maximum absolute atomic E-state index is 11.8. The molecule has 1 aromatic carbocycles. The number of anilines is 1. The second-order valence-corrected chi connectivity index (χ2v) is 8.66.